The van der Waals surface area contributed by atoms with E-state index in [4.69, 9.17) is 18.9 Å². The van der Waals surface area contributed by atoms with Crippen LogP contribution in [0.4, 0.5) is 5.69 Å². The van der Waals surface area contributed by atoms with Crippen molar-refractivity contribution in [3.05, 3.63) is 52.6 Å². The molecule has 0 radical (unpaired) electrons. The van der Waals surface area contributed by atoms with E-state index >= 15 is 0 Å². The number of benzene rings is 2. The van der Waals surface area contributed by atoms with Gasteiger partial charge < -0.3 is 23.8 Å². The second-order valence-electron chi connectivity index (χ2n) is 6.15. The van der Waals surface area contributed by atoms with Crippen LogP contribution in [-0.2, 0) is 4.79 Å². The van der Waals surface area contributed by atoms with Gasteiger partial charge in [0.2, 0.25) is 0 Å². The summed E-state index contributed by atoms with van der Waals surface area (Å²) in [6, 6.07) is 11.5. The third-order valence-corrected chi connectivity index (χ3v) is 4.18. The van der Waals surface area contributed by atoms with Crippen molar-refractivity contribution in [3.63, 3.8) is 0 Å². The number of methoxy groups -OCH3 is 1. The highest BCUT2D eigenvalue weighted by Crippen LogP contribution is 2.32. The fourth-order valence-electron chi connectivity index (χ4n) is 2.70. The summed E-state index contributed by atoms with van der Waals surface area (Å²) in [5.74, 6) is 1.29. The topological polar surface area (TPSA) is 100 Å². The third kappa shape index (κ3) is 4.43. The van der Waals surface area contributed by atoms with Crippen LogP contribution in [0.25, 0.3) is 0 Å². The molecule has 0 saturated carbocycles. The number of likely N-dealkylation sites (N-methyl/N-ethyl adjacent to an activating group) is 1. The Labute approximate surface area is 161 Å². The first-order chi connectivity index (χ1) is 13.5. The van der Waals surface area contributed by atoms with Crippen LogP contribution in [0.15, 0.2) is 42.5 Å². The van der Waals surface area contributed by atoms with E-state index in [-0.39, 0.29) is 30.1 Å². The van der Waals surface area contributed by atoms with Crippen molar-refractivity contribution < 1.29 is 28.7 Å². The first-order valence-corrected chi connectivity index (χ1v) is 8.55. The van der Waals surface area contributed by atoms with Crippen molar-refractivity contribution in [2.75, 3.05) is 33.9 Å². The van der Waals surface area contributed by atoms with Crippen LogP contribution in [0.5, 0.6) is 23.0 Å². The Balaban J connectivity index is 1.56. The van der Waals surface area contributed by atoms with Crippen molar-refractivity contribution in [2.45, 2.75) is 6.10 Å². The lowest BCUT2D eigenvalue weighted by Crippen LogP contribution is -2.43. The first kappa shape index (κ1) is 19.3. The molecule has 2 aromatic carbocycles. The summed E-state index contributed by atoms with van der Waals surface area (Å²) in [4.78, 5) is 24.4. The molecule has 28 heavy (non-hydrogen) atoms. The Bertz CT molecular complexity index is 871. The van der Waals surface area contributed by atoms with E-state index in [1.165, 1.54) is 30.2 Å². The summed E-state index contributed by atoms with van der Waals surface area (Å²) in [6.45, 7) is 0.272. The Morgan fingerprint density at radius 2 is 2.04 bits per heavy atom. The van der Waals surface area contributed by atoms with Crippen LogP contribution in [0.3, 0.4) is 0 Å². The highest BCUT2D eigenvalue weighted by atomic mass is 16.6. The number of nitrogens with zero attached hydrogens (tertiary/aromatic N) is 2. The van der Waals surface area contributed by atoms with Gasteiger partial charge in [0.15, 0.2) is 30.0 Å². The standard InChI is InChI=1S/C19H20N2O7/c1-20(10-14-11-26-17-5-3-4-6-18(17)28-14)19(22)12-27-16-8-7-13(25-2)9-15(16)21(23)24/h3-9,14H,10-12H2,1-2H3/t14-/m1/s1. The molecular weight excluding hydrogens is 368 g/mol. The lowest BCUT2D eigenvalue weighted by atomic mass is 10.2. The molecule has 9 heteroatoms. The normalized spacial score (nSPS) is 14.9. The summed E-state index contributed by atoms with van der Waals surface area (Å²) >= 11 is 0. The molecule has 0 N–H and O–H groups in total. The highest BCUT2D eigenvalue weighted by Gasteiger charge is 2.24. The largest absolute Gasteiger partial charge is 0.496 e. The number of carbonyl (C=O) groups is 1. The van der Waals surface area contributed by atoms with Crippen molar-refractivity contribution >= 4 is 11.6 Å². The van der Waals surface area contributed by atoms with Gasteiger partial charge in [-0.2, -0.15) is 0 Å². The molecule has 1 atom stereocenters. The number of hydrogen-bond acceptors (Lipinski definition) is 7. The number of hydrogen-bond donors (Lipinski definition) is 0. The predicted molar refractivity (Wildman–Crippen MR) is 99.1 cm³/mol. The Morgan fingerprint density at radius 3 is 2.75 bits per heavy atom. The van der Waals surface area contributed by atoms with Crippen LogP contribution in [0.1, 0.15) is 0 Å². The van der Waals surface area contributed by atoms with Crippen LogP contribution in [0, 0.1) is 10.1 Å². The quantitative estimate of drug-likeness (QED) is 0.530. The van der Waals surface area contributed by atoms with Crippen LogP contribution in [-0.4, -0.2) is 55.8 Å². The number of carbonyl (C=O) groups excluding carboxylic acids is 1. The summed E-state index contributed by atoms with van der Waals surface area (Å²) in [6.07, 6.45) is -0.320. The number of fused-ring (bicyclic) bond motifs is 1. The molecule has 9 nitrogen and oxygen atoms in total. The van der Waals surface area contributed by atoms with E-state index in [9.17, 15) is 14.9 Å². The lowest BCUT2D eigenvalue weighted by molar-refractivity contribution is -0.385. The van der Waals surface area contributed by atoms with Gasteiger partial charge in [-0.15, -0.1) is 0 Å². The van der Waals surface area contributed by atoms with E-state index in [0.29, 0.717) is 30.4 Å². The molecule has 2 aromatic rings. The van der Waals surface area contributed by atoms with E-state index < -0.39 is 4.92 Å². The molecule has 0 unspecified atom stereocenters. The minimum Gasteiger partial charge on any atom is -0.496 e. The van der Waals surface area contributed by atoms with Gasteiger partial charge in [-0.25, -0.2) is 0 Å². The minimum absolute atomic E-state index is 0.00118. The molecule has 3 rings (SSSR count). The Morgan fingerprint density at radius 1 is 1.29 bits per heavy atom. The van der Waals surface area contributed by atoms with Gasteiger partial charge in [0, 0.05) is 7.05 Å². The van der Waals surface area contributed by atoms with Gasteiger partial charge >= 0.3 is 5.69 Å². The van der Waals surface area contributed by atoms with Crippen molar-refractivity contribution in [3.8, 4) is 23.0 Å². The molecule has 148 valence electrons. The maximum atomic E-state index is 12.3. The number of amides is 1. The molecule has 1 aliphatic heterocycles. The van der Waals surface area contributed by atoms with Crippen LogP contribution >= 0.6 is 0 Å². The summed E-state index contributed by atoms with van der Waals surface area (Å²) < 4.78 is 21.8. The van der Waals surface area contributed by atoms with Gasteiger partial charge in [-0.1, -0.05) is 12.1 Å². The molecule has 0 bridgehead atoms. The summed E-state index contributed by atoms with van der Waals surface area (Å²) in [5, 5.41) is 11.2. The average Bonchev–Trinajstić information content (AvgIpc) is 2.71. The zero-order valence-electron chi connectivity index (χ0n) is 15.5. The number of ether oxygens (including phenoxy) is 4. The monoisotopic (exact) mass is 388 g/mol. The predicted octanol–water partition coefficient (Wildman–Crippen LogP) is 2.28. The molecule has 0 fully saturated rings. The SMILES string of the molecule is COc1ccc(OCC(=O)N(C)C[C@@H]2COc3ccccc3O2)c([N+](=O)[O-])c1. The highest BCUT2D eigenvalue weighted by molar-refractivity contribution is 5.77. The number of nitro groups is 1. The summed E-state index contributed by atoms with van der Waals surface area (Å²) in [7, 11) is 3.02. The third-order valence-electron chi connectivity index (χ3n) is 4.18. The van der Waals surface area contributed by atoms with Gasteiger partial charge in [0.1, 0.15) is 12.4 Å². The maximum absolute atomic E-state index is 12.3. The minimum atomic E-state index is -0.587. The smallest absolute Gasteiger partial charge is 0.314 e. The van der Waals surface area contributed by atoms with E-state index in [1.807, 2.05) is 18.2 Å². The van der Waals surface area contributed by atoms with Gasteiger partial charge in [-0.05, 0) is 24.3 Å². The second kappa shape index (κ2) is 8.47. The molecule has 0 aliphatic carbocycles. The molecule has 0 saturated heterocycles. The van der Waals surface area contributed by atoms with Crippen molar-refractivity contribution in [1.82, 2.24) is 4.90 Å². The van der Waals surface area contributed by atoms with Crippen molar-refractivity contribution in [1.29, 1.82) is 0 Å². The average molecular weight is 388 g/mol. The number of para-hydroxylation sites is 2. The lowest BCUT2D eigenvalue weighted by Gasteiger charge is -2.29. The van der Waals surface area contributed by atoms with E-state index in [2.05, 4.69) is 0 Å². The summed E-state index contributed by atoms with van der Waals surface area (Å²) in [5.41, 5.74) is -0.268. The number of rotatable bonds is 7. The zero-order valence-corrected chi connectivity index (χ0v) is 15.5. The molecule has 1 aliphatic rings. The molecule has 0 aromatic heterocycles. The first-order valence-electron chi connectivity index (χ1n) is 8.55. The van der Waals surface area contributed by atoms with E-state index in [0.717, 1.165) is 0 Å². The van der Waals surface area contributed by atoms with Crippen molar-refractivity contribution in [2.24, 2.45) is 0 Å². The fourth-order valence-corrected chi connectivity index (χ4v) is 2.70. The van der Waals surface area contributed by atoms with E-state index in [1.54, 1.807) is 13.1 Å². The zero-order chi connectivity index (χ0) is 20.1. The van der Waals surface area contributed by atoms with Crippen LogP contribution < -0.4 is 18.9 Å². The molecular formula is C19H20N2O7. The molecule has 1 heterocycles. The fraction of sp³-hybridized carbons (Fsp3) is 0.316. The molecule has 0 spiro atoms. The van der Waals surface area contributed by atoms with Gasteiger partial charge in [-0.3, -0.25) is 14.9 Å². The maximum Gasteiger partial charge on any atom is 0.314 e. The van der Waals surface area contributed by atoms with Gasteiger partial charge in [0.25, 0.3) is 5.91 Å². The second-order valence-corrected chi connectivity index (χ2v) is 6.15. The Kier molecular flexibility index (Phi) is 5.83. The van der Waals surface area contributed by atoms with Gasteiger partial charge in [0.05, 0.1) is 24.6 Å². The Hall–Kier alpha value is -3.49. The number of nitro benzene ring substituents is 1. The van der Waals surface area contributed by atoms with Crippen LogP contribution in [0.2, 0.25) is 0 Å². The molecule has 1 amide bonds.